The van der Waals surface area contributed by atoms with Crippen LogP contribution in [0.5, 0.6) is 0 Å². The van der Waals surface area contributed by atoms with Crippen LogP contribution in [0.3, 0.4) is 0 Å². The van der Waals surface area contributed by atoms with Gasteiger partial charge in [-0.3, -0.25) is 4.99 Å². The zero-order valence-electron chi connectivity index (χ0n) is 13.8. The summed E-state index contributed by atoms with van der Waals surface area (Å²) in [5, 5.41) is 3.26. The van der Waals surface area contributed by atoms with E-state index in [1.165, 1.54) is 25.0 Å². The molecule has 0 atom stereocenters. The summed E-state index contributed by atoms with van der Waals surface area (Å²) >= 11 is 5.80. The van der Waals surface area contributed by atoms with Gasteiger partial charge in [-0.1, -0.05) is 43.9 Å². The first-order valence-corrected chi connectivity index (χ1v) is 9.61. The zero-order chi connectivity index (χ0) is 17.1. The van der Waals surface area contributed by atoms with E-state index in [9.17, 15) is 8.42 Å². The highest BCUT2D eigenvalue weighted by atomic mass is 127. The van der Waals surface area contributed by atoms with Crippen molar-refractivity contribution in [2.75, 3.05) is 19.6 Å². The molecule has 0 spiro atoms. The van der Waals surface area contributed by atoms with Crippen LogP contribution >= 0.6 is 35.6 Å². The number of guanidine groups is 1. The molecule has 0 aromatic heterocycles. The number of sulfonamides is 1. The number of nitrogens with zero attached hydrogens (tertiary/aromatic N) is 1. The average molecular weight is 489 g/mol. The molecule has 4 N–H and O–H groups in total. The van der Waals surface area contributed by atoms with Crippen LogP contribution in [0.4, 0.5) is 0 Å². The Bertz CT molecular complexity index is 611. The third-order valence-corrected chi connectivity index (χ3v) is 4.82. The maximum absolute atomic E-state index is 12.0. The van der Waals surface area contributed by atoms with E-state index < -0.39 is 10.0 Å². The lowest BCUT2D eigenvalue weighted by Gasteiger charge is -2.08. The summed E-state index contributed by atoms with van der Waals surface area (Å²) in [7, 11) is -3.56. The third-order valence-electron chi connectivity index (χ3n) is 3.12. The Morgan fingerprint density at radius 1 is 1.25 bits per heavy atom. The molecule has 1 rings (SSSR count). The predicted molar refractivity (Wildman–Crippen MR) is 111 cm³/mol. The molecule has 1 aromatic rings. The van der Waals surface area contributed by atoms with Crippen LogP contribution in [-0.2, 0) is 10.0 Å². The molecule has 0 heterocycles. The number of aliphatic imine (C=N–C) groups is 1. The molecule has 0 saturated carbocycles. The Hall–Kier alpha value is -0.580. The summed E-state index contributed by atoms with van der Waals surface area (Å²) in [6, 6.07) is 6.12. The van der Waals surface area contributed by atoms with E-state index in [0.29, 0.717) is 24.1 Å². The maximum atomic E-state index is 12.0. The second-order valence-corrected chi connectivity index (χ2v) is 7.31. The summed E-state index contributed by atoms with van der Waals surface area (Å²) in [5.74, 6) is 0.337. The van der Waals surface area contributed by atoms with Gasteiger partial charge in [0.1, 0.15) is 0 Å². The second kappa shape index (κ2) is 12.7. The van der Waals surface area contributed by atoms with Gasteiger partial charge in [0.15, 0.2) is 5.96 Å². The fraction of sp³-hybridized carbons (Fsp3) is 0.533. The average Bonchev–Trinajstić information content (AvgIpc) is 2.51. The Morgan fingerprint density at radius 2 is 2.00 bits per heavy atom. The first-order valence-electron chi connectivity index (χ1n) is 7.74. The van der Waals surface area contributed by atoms with Gasteiger partial charge in [-0.05, 0) is 24.6 Å². The highest BCUT2D eigenvalue weighted by molar-refractivity contribution is 14.0. The van der Waals surface area contributed by atoms with Crippen molar-refractivity contribution in [3.63, 3.8) is 0 Å². The Labute approximate surface area is 166 Å². The van der Waals surface area contributed by atoms with Gasteiger partial charge in [0, 0.05) is 24.7 Å². The van der Waals surface area contributed by atoms with Crippen LogP contribution in [-0.4, -0.2) is 34.0 Å². The first kappa shape index (κ1) is 23.4. The van der Waals surface area contributed by atoms with Gasteiger partial charge < -0.3 is 11.1 Å². The second-order valence-electron chi connectivity index (χ2n) is 5.11. The standard InChI is InChI=1S/C15H25ClN4O2S.HI/c1-2-3-4-5-9-18-15(17)19-10-11-20-23(21,22)14-8-6-7-13(16)12-14;/h6-8,12,20H,2-5,9-11H2,1H3,(H3,17,18,19);1H. The van der Waals surface area contributed by atoms with E-state index >= 15 is 0 Å². The van der Waals surface area contributed by atoms with Crippen LogP contribution in [0.2, 0.25) is 5.02 Å². The van der Waals surface area contributed by atoms with Gasteiger partial charge in [-0.2, -0.15) is 0 Å². The molecule has 6 nitrogen and oxygen atoms in total. The Morgan fingerprint density at radius 3 is 2.67 bits per heavy atom. The molecule has 138 valence electrons. The number of hydrogen-bond donors (Lipinski definition) is 3. The highest BCUT2D eigenvalue weighted by Gasteiger charge is 2.13. The number of hydrogen-bond acceptors (Lipinski definition) is 3. The van der Waals surface area contributed by atoms with E-state index in [0.717, 1.165) is 12.8 Å². The van der Waals surface area contributed by atoms with Gasteiger partial charge in [-0.25, -0.2) is 13.1 Å². The summed E-state index contributed by atoms with van der Waals surface area (Å²) < 4.78 is 26.6. The largest absolute Gasteiger partial charge is 0.370 e. The minimum absolute atomic E-state index is 0. The molecule has 0 aliphatic rings. The quantitative estimate of drug-likeness (QED) is 0.204. The molecule has 9 heteroatoms. The molecule has 0 amide bonds. The van der Waals surface area contributed by atoms with Crippen LogP contribution in [0.15, 0.2) is 34.2 Å². The van der Waals surface area contributed by atoms with Crippen molar-refractivity contribution in [1.82, 2.24) is 10.0 Å². The summed E-state index contributed by atoms with van der Waals surface area (Å²) in [6.45, 7) is 3.42. The monoisotopic (exact) mass is 488 g/mol. The van der Waals surface area contributed by atoms with Crippen molar-refractivity contribution >= 4 is 51.6 Å². The normalized spacial score (nSPS) is 11.8. The molecule has 0 saturated heterocycles. The molecule has 0 aliphatic carbocycles. The molecular weight excluding hydrogens is 463 g/mol. The molecule has 0 bridgehead atoms. The van der Waals surface area contributed by atoms with Gasteiger partial charge in [0.25, 0.3) is 0 Å². The number of benzene rings is 1. The smallest absolute Gasteiger partial charge is 0.240 e. The van der Waals surface area contributed by atoms with Gasteiger partial charge in [0.05, 0.1) is 4.90 Å². The molecule has 0 fully saturated rings. The number of unbranched alkanes of at least 4 members (excludes halogenated alkanes) is 3. The molecule has 0 unspecified atom stereocenters. The molecule has 0 aliphatic heterocycles. The number of rotatable bonds is 10. The molecule has 0 radical (unpaired) electrons. The van der Waals surface area contributed by atoms with Crippen molar-refractivity contribution in [1.29, 1.82) is 0 Å². The van der Waals surface area contributed by atoms with Crippen molar-refractivity contribution in [3.05, 3.63) is 29.3 Å². The number of nitrogens with two attached hydrogens (primary N) is 1. The van der Waals surface area contributed by atoms with Crippen LogP contribution < -0.4 is 15.8 Å². The van der Waals surface area contributed by atoms with Crippen molar-refractivity contribution < 1.29 is 8.42 Å². The SMILES string of the molecule is CCCCCCN=C(N)NCCNS(=O)(=O)c1cccc(Cl)c1.I. The Balaban J connectivity index is 0.00000529. The van der Waals surface area contributed by atoms with E-state index in [2.05, 4.69) is 22.0 Å². The van der Waals surface area contributed by atoms with E-state index in [1.807, 2.05) is 0 Å². The van der Waals surface area contributed by atoms with Crippen LogP contribution in [0.1, 0.15) is 32.6 Å². The predicted octanol–water partition coefficient (Wildman–Crippen LogP) is 2.72. The minimum Gasteiger partial charge on any atom is -0.370 e. The highest BCUT2D eigenvalue weighted by Crippen LogP contribution is 2.14. The van der Waals surface area contributed by atoms with E-state index in [1.54, 1.807) is 12.1 Å². The lowest BCUT2D eigenvalue weighted by molar-refractivity contribution is 0.580. The number of halogens is 2. The third kappa shape index (κ3) is 9.65. The summed E-state index contributed by atoms with van der Waals surface area (Å²) in [6.07, 6.45) is 4.54. The van der Waals surface area contributed by atoms with Crippen molar-refractivity contribution in [2.24, 2.45) is 10.7 Å². The molecule has 1 aromatic carbocycles. The fourth-order valence-corrected chi connectivity index (χ4v) is 3.22. The number of nitrogens with one attached hydrogen (secondary N) is 2. The molecule has 24 heavy (non-hydrogen) atoms. The minimum atomic E-state index is -3.56. The van der Waals surface area contributed by atoms with Crippen molar-refractivity contribution in [3.8, 4) is 0 Å². The summed E-state index contributed by atoms with van der Waals surface area (Å²) in [5.41, 5.74) is 5.71. The fourth-order valence-electron chi connectivity index (χ4n) is 1.89. The first-order chi connectivity index (χ1) is 11.0. The Kier molecular flexibility index (Phi) is 12.4. The maximum Gasteiger partial charge on any atom is 0.240 e. The van der Waals surface area contributed by atoms with Crippen LogP contribution in [0.25, 0.3) is 0 Å². The van der Waals surface area contributed by atoms with E-state index in [-0.39, 0.29) is 35.4 Å². The van der Waals surface area contributed by atoms with Crippen LogP contribution in [0, 0.1) is 0 Å². The topological polar surface area (TPSA) is 96.6 Å². The lowest BCUT2D eigenvalue weighted by Crippen LogP contribution is -2.38. The summed E-state index contributed by atoms with van der Waals surface area (Å²) in [4.78, 5) is 4.33. The van der Waals surface area contributed by atoms with Crippen molar-refractivity contribution in [2.45, 2.75) is 37.5 Å². The van der Waals surface area contributed by atoms with Gasteiger partial charge >= 0.3 is 0 Å². The lowest BCUT2D eigenvalue weighted by atomic mass is 10.2. The van der Waals surface area contributed by atoms with Gasteiger partial charge in [0.2, 0.25) is 10.0 Å². The van der Waals surface area contributed by atoms with Gasteiger partial charge in [-0.15, -0.1) is 24.0 Å². The zero-order valence-corrected chi connectivity index (χ0v) is 17.7. The van der Waals surface area contributed by atoms with E-state index in [4.69, 9.17) is 17.3 Å². The molecular formula is C15H26ClIN4O2S.